The number of alkyl halides is 3. The molecule has 2 aromatic heterocycles. The monoisotopic (exact) mass is 374 g/mol. The molecule has 0 spiro atoms. The Labute approximate surface area is 153 Å². The molecule has 2 heterocycles. The second-order valence-electron chi connectivity index (χ2n) is 6.07. The number of fused-ring (bicyclic) bond motifs is 1. The fourth-order valence-corrected chi connectivity index (χ4v) is 2.64. The van der Waals surface area contributed by atoms with E-state index in [0.29, 0.717) is 11.1 Å². The van der Waals surface area contributed by atoms with Gasteiger partial charge in [-0.15, -0.1) is 0 Å². The lowest BCUT2D eigenvalue weighted by atomic mass is 10.2. The zero-order valence-corrected chi connectivity index (χ0v) is 14.7. The molecule has 3 rings (SSSR count). The van der Waals surface area contributed by atoms with Crippen molar-refractivity contribution >= 4 is 17.6 Å². The molecular formula is C19H17F3N4O. The summed E-state index contributed by atoms with van der Waals surface area (Å²) in [5, 5.41) is 3.73. The van der Waals surface area contributed by atoms with Gasteiger partial charge < -0.3 is 4.90 Å². The lowest BCUT2D eigenvalue weighted by Crippen LogP contribution is -2.27. The number of nitrogens with zero attached hydrogens (tertiary/aromatic N) is 4. The predicted molar refractivity (Wildman–Crippen MR) is 95.2 cm³/mol. The van der Waals surface area contributed by atoms with Crippen LogP contribution in [0.3, 0.4) is 0 Å². The maximum Gasteiger partial charge on any atom is 0.433 e. The Morgan fingerprint density at radius 2 is 1.96 bits per heavy atom. The van der Waals surface area contributed by atoms with E-state index in [1.165, 1.54) is 11.8 Å². The highest BCUT2D eigenvalue weighted by molar-refractivity contribution is 5.99. The minimum atomic E-state index is -4.59. The number of rotatable bonds is 4. The summed E-state index contributed by atoms with van der Waals surface area (Å²) in [5.74, 6) is -0.450. The molecule has 1 amide bonds. The third-order valence-corrected chi connectivity index (χ3v) is 3.96. The number of carbonyl (C=O) groups is 1. The van der Waals surface area contributed by atoms with Crippen LogP contribution in [-0.2, 0) is 6.18 Å². The van der Waals surface area contributed by atoms with Crippen molar-refractivity contribution < 1.29 is 18.0 Å². The van der Waals surface area contributed by atoms with E-state index >= 15 is 0 Å². The summed E-state index contributed by atoms with van der Waals surface area (Å²) in [7, 11) is 1.57. The molecule has 0 bridgehead atoms. The lowest BCUT2D eigenvalue weighted by molar-refractivity contribution is -0.142. The number of amides is 1. The molecule has 0 N–H and O–H groups in total. The number of aromatic nitrogens is 3. The quantitative estimate of drug-likeness (QED) is 0.697. The maximum atomic E-state index is 13.2. The number of likely N-dealkylation sites (N-methyl/N-ethyl adjacent to an activating group) is 1. The molecule has 140 valence electrons. The summed E-state index contributed by atoms with van der Waals surface area (Å²) in [6.07, 6.45) is 0.197. The number of carbonyl (C=O) groups excluding carboxylic acids is 1. The molecule has 0 fully saturated rings. The fourth-order valence-electron chi connectivity index (χ4n) is 2.64. The standard InChI is InChI=1S/C19H17F3N4O/c1-13-11-16(19(20,21)22)26-17(24-13)15(12-23-26)18(27)25(2)10-6-9-14-7-4-3-5-8-14/h3-9,11-12H,10H2,1-2H3/b9-6+. The molecule has 3 aromatic rings. The van der Waals surface area contributed by atoms with Gasteiger partial charge in [0, 0.05) is 19.3 Å². The third-order valence-electron chi connectivity index (χ3n) is 3.96. The van der Waals surface area contributed by atoms with Gasteiger partial charge in [-0.25, -0.2) is 9.50 Å². The van der Waals surface area contributed by atoms with Gasteiger partial charge >= 0.3 is 6.18 Å². The lowest BCUT2D eigenvalue weighted by Gasteiger charge is -2.14. The Balaban J connectivity index is 1.85. The van der Waals surface area contributed by atoms with Gasteiger partial charge in [0.25, 0.3) is 5.91 Å². The predicted octanol–water partition coefficient (Wildman–Crippen LogP) is 3.84. The van der Waals surface area contributed by atoms with Crippen molar-refractivity contribution in [3.05, 3.63) is 71.2 Å². The number of hydrogen-bond acceptors (Lipinski definition) is 3. The van der Waals surface area contributed by atoms with E-state index in [2.05, 4.69) is 10.1 Å². The van der Waals surface area contributed by atoms with Gasteiger partial charge in [0.1, 0.15) is 11.3 Å². The average Bonchev–Trinajstić information content (AvgIpc) is 3.03. The molecule has 0 aliphatic carbocycles. The summed E-state index contributed by atoms with van der Waals surface area (Å²) in [4.78, 5) is 18.1. The van der Waals surface area contributed by atoms with Crippen molar-refractivity contribution in [2.75, 3.05) is 13.6 Å². The first-order valence-electron chi connectivity index (χ1n) is 8.17. The first kappa shape index (κ1) is 18.6. The highest BCUT2D eigenvalue weighted by atomic mass is 19.4. The Bertz CT molecular complexity index is 993. The van der Waals surface area contributed by atoms with Crippen molar-refractivity contribution in [2.45, 2.75) is 13.1 Å². The smallest absolute Gasteiger partial charge is 0.338 e. The van der Waals surface area contributed by atoms with E-state index in [1.807, 2.05) is 36.4 Å². The number of aryl methyl sites for hydroxylation is 1. The Hall–Kier alpha value is -3.16. The molecule has 1 aromatic carbocycles. The summed E-state index contributed by atoms with van der Waals surface area (Å²) in [6, 6.07) is 10.5. The molecule has 5 nitrogen and oxygen atoms in total. The zero-order valence-electron chi connectivity index (χ0n) is 14.7. The zero-order chi connectivity index (χ0) is 19.6. The van der Waals surface area contributed by atoms with Gasteiger partial charge in [-0.1, -0.05) is 42.5 Å². The van der Waals surface area contributed by atoms with E-state index in [4.69, 9.17) is 0 Å². The summed E-state index contributed by atoms with van der Waals surface area (Å²) in [6.45, 7) is 1.74. The van der Waals surface area contributed by atoms with Crippen molar-refractivity contribution in [2.24, 2.45) is 0 Å². The summed E-state index contributed by atoms with van der Waals surface area (Å²) < 4.78 is 40.3. The summed E-state index contributed by atoms with van der Waals surface area (Å²) >= 11 is 0. The fraction of sp³-hybridized carbons (Fsp3) is 0.211. The van der Waals surface area contributed by atoms with Crippen molar-refractivity contribution in [3.8, 4) is 0 Å². The topological polar surface area (TPSA) is 50.5 Å². The van der Waals surface area contributed by atoms with Crippen LogP contribution in [0.25, 0.3) is 11.7 Å². The second-order valence-corrected chi connectivity index (χ2v) is 6.07. The number of hydrogen-bond donors (Lipinski definition) is 0. The van der Waals surface area contributed by atoms with Gasteiger partial charge in [-0.3, -0.25) is 4.79 Å². The van der Waals surface area contributed by atoms with Gasteiger partial charge in [-0.2, -0.15) is 18.3 Å². The molecule has 0 saturated carbocycles. The maximum absolute atomic E-state index is 13.2. The van der Waals surface area contributed by atoms with Crippen molar-refractivity contribution in [1.29, 1.82) is 0 Å². The van der Waals surface area contributed by atoms with E-state index in [0.717, 1.165) is 17.8 Å². The van der Waals surface area contributed by atoms with Crippen molar-refractivity contribution in [1.82, 2.24) is 19.5 Å². The van der Waals surface area contributed by atoms with Crippen LogP contribution in [0.15, 0.2) is 48.7 Å². The van der Waals surface area contributed by atoms with Crippen LogP contribution < -0.4 is 0 Å². The largest absolute Gasteiger partial charge is 0.433 e. The Kier molecular flexibility index (Phi) is 4.98. The van der Waals surface area contributed by atoms with Crippen LogP contribution in [0.4, 0.5) is 13.2 Å². The molecule has 0 unspecified atom stereocenters. The molecule has 8 heteroatoms. The SMILES string of the molecule is Cc1cc(C(F)(F)F)n2ncc(C(=O)N(C)C/C=C/c3ccccc3)c2n1. The first-order chi connectivity index (χ1) is 12.8. The van der Waals surface area contributed by atoms with Gasteiger partial charge in [0.05, 0.1) is 6.20 Å². The first-order valence-corrected chi connectivity index (χ1v) is 8.17. The molecular weight excluding hydrogens is 357 g/mol. The van der Waals surface area contributed by atoms with Gasteiger partial charge in [-0.05, 0) is 18.6 Å². The summed E-state index contributed by atoms with van der Waals surface area (Å²) in [5.41, 5.74) is 0.110. The number of halogens is 3. The van der Waals surface area contributed by atoms with Crippen molar-refractivity contribution in [3.63, 3.8) is 0 Å². The van der Waals surface area contributed by atoms with E-state index in [1.54, 1.807) is 13.1 Å². The third kappa shape index (κ3) is 3.99. The minimum Gasteiger partial charge on any atom is -0.338 e. The minimum absolute atomic E-state index is 0.0276. The van der Waals surface area contributed by atoms with E-state index in [-0.39, 0.29) is 16.9 Å². The normalized spacial score (nSPS) is 12.0. The molecule has 27 heavy (non-hydrogen) atoms. The Morgan fingerprint density at radius 1 is 1.26 bits per heavy atom. The van der Waals surface area contributed by atoms with Crippen LogP contribution >= 0.6 is 0 Å². The highest BCUT2D eigenvalue weighted by Crippen LogP contribution is 2.30. The van der Waals surface area contributed by atoms with Crippen LogP contribution in [0.2, 0.25) is 0 Å². The van der Waals surface area contributed by atoms with Gasteiger partial charge in [0.2, 0.25) is 0 Å². The van der Waals surface area contributed by atoms with Gasteiger partial charge in [0.15, 0.2) is 5.65 Å². The molecule has 0 aliphatic rings. The van der Waals surface area contributed by atoms with Crippen LogP contribution in [0.5, 0.6) is 0 Å². The number of benzene rings is 1. The molecule has 0 aliphatic heterocycles. The average molecular weight is 374 g/mol. The van der Waals surface area contributed by atoms with Crippen LogP contribution in [0, 0.1) is 6.92 Å². The van der Waals surface area contributed by atoms with E-state index < -0.39 is 17.8 Å². The Morgan fingerprint density at radius 3 is 2.63 bits per heavy atom. The van der Waals surface area contributed by atoms with E-state index in [9.17, 15) is 18.0 Å². The van der Waals surface area contributed by atoms with Crippen LogP contribution in [-0.4, -0.2) is 39.0 Å². The van der Waals surface area contributed by atoms with Crippen LogP contribution in [0.1, 0.15) is 27.3 Å². The highest BCUT2D eigenvalue weighted by Gasteiger charge is 2.35. The molecule has 0 radical (unpaired) electrons. The molecule has 0 saturated heterocycles. The second kappa shape index (κ2) is 7.22. The molecule has 0 atom stereocenters.